The molecule has 0 bridgehead atoms. The molecule has 0 aliphatic carbocycles. The van der Waals surface area contributed by atoms with Crippen LogP contribution in [0.5, 0.6) is 11.5 Å². The Labute approximate surface area is 186 Å². The number of rotatable bonds is 6. The zero-order chi connectivity index (χ0) is 22.0. The summed E-state index contributed by atoms with van der Waals surface area (Å²) in [6, 6.07) is 5.56. The number of methoxy groups -OCH3 is 2. The Morgan fingerprint density at radius 1 is 1.16 bits per heavy atom. The summed E-state index contributed by atoms with van der Waals surface area (Å²) in [6.45, 7) is 9.28. The molecule has 0 spiro atoms. The van der Waals surface area contributed by atoms with E-state index in [4.69, 9.17) is 23.7 Å². The molecule has 0 saturated carbocycles. The van der Waals surface area contributed by atoms with Gasteiger partial charge in [-0.05, 0) is 18.2 Å². The lowest BCUT2D eigenvalue weighted by atomic mass is 9.93. The molecule has 1 aliphatic heterocycles. The van der Waals surface area contributed by atoms with E-state index in [0.29, 0.717) is 36.4 Å². The predicted octanol–water partition coefficient (Wildman–Crippen LogP) is 4.08. The van der Waals surface area contributed by atoms with Gasteiger partial charge in [0.05, 0.1) is 33.1 Å². The number of aromatic nitrogens is 3. The molecule has 2 aromatic heterocycles. The molecule has 8 nitrogen and oxygen atoms in total. The van der Waals surface area contributed by atoms with Crippen LogP contribution < -0.4 is 9.47 Å². The predicted molar refractivity (Wildman–Crippen MR) is 118 cm³/mol. The fourth-order valence-electron chi connectivity index (χ4n) is 3.38. The number of benzene rings is 1. The summed E-state index contributed by atoms with van der Waals surface area (Å²) in [5, 5.41) is 7.29. The minimum absolute atomic E-state index is 0.0351. The minimum Gasteiger partial charge on any atom is -0.493 e. The van der Waals surface area contributed by atoms with Crippen LogP contribution in [-0.2, 0) is 16.7 Å². The van der Waals surface area contributed by atoms with Crippen molar-refractivity contribution >= 4 is 11.3 Å². The molecule has 0 amide bonds. The van der Waals surface area contributed by atoms with E-state index >= 15 is 0 Å². The fourth-order valence-corrected chi connectivity index (χ4v) is 4.46. The Balaban J connectivity index is 1.43. The first kappa shape index (κ1) is 21.7. The highest BCUT2D eigenvalue weighted by Gasteiger charge is 2.27. The zero-order valence-electron chi connectivity index (χ0n) is 18.5. The number of ether oxygens (including phenoxy) is 3. The van der Waals surface area contributed by atoms with Gasteiger partial charge < -0.3 is 18.7 Å². The number of thiazole rings is 1. The molecule has 0 N–H and O–H groups in total. The summed E-state index contributed by atoms with van der Waals surface area (Å²) >= 11 is 1.66. The van der Waals surface area contributed by atoms with Gasteiger partial charge in [-0.1, -0.05) is 25.9 Å². The van der Waals surface area contributed by atoms with Crippen LogP contribution in [0, 0.1) is 0 Å². The molecule has 1 fully saturated rings. The van der Waals surface area contributed by atoms with E-state index in [1.54, 1.807) is 25.6 Å². The monoisotopic (exact) mass is 444 g/mol. The maximum atomic E-state index is 5.99. The summed E-state index contributed by atoms with van der Waals surface area (Å²) in [6.07, 6.45) is -0.0388. The Bertz CT molecular complexity index is 1030. The van der Waals surface area contributed by atoms with Crippen LogP contribution in [0.4, 0.5) is 0 Å². The van der Waals surface area contributed by atoms with Gasteiger partial charge in [0.2, 0.25) is 11.7 Å². The number of hydrogen-bond acceptors (Lipinski definition) is 9. The van der Waals surface area contributed by atoms with Crippen LogP contribution in [-0.4, -0.2) is 53.9 Å². The molecule has 3 heterocycles. The first-order valence-electron chi connectivity index (χ1n) is 10.2. The highest BCUT2D eigenvalue weighted by Crippen LogP contribution is 2.32. The van der Waals surface area contributed by atoms with Crippen molar-refractivity contribution in [3.05, 3.63) is 40.2 Å². The Morgan fingerprint density at radius 2 is 1.97 bits per heavy atom. The van der Waals surface area contributed by atoms with E-state index in [-0.39, 0.29) is 11.5 Å². The van der Waals surface area contributed by atoms with Crippen molar-refractivity contribution in [1.29, 1.82) is 0 Å². The van der Waals surface area contributed by atoms with E-state index in [1.807, 2.05) is 18.2 Å². The molecule has 1 aromatic carbocycles. The molecule has 31 heavy (non-hydrogen) atoms. The molecular weight excluding hydrogens is 416 g/mol. The molecule has 3 aromatic rings. The second-order valence-corrected chi connectivity index (χ2v) is 9.39. The average molecular weight is 445 g/mol. The minimum atomic E-state index is -0.0388. The third-order valence-electron chi connectivity index (χ3n) is 5.19. The first-order valence-corrected chi connectivity index (χ1v) is 11.1. The lowest BCUT2D eigenvalue weighted by Gasteiger charge is -2.30. The SMILES string of the molecule is COc1ccc(-c2noc(CN3CCOC(c4nc(C(C)(C)C)cs4)C3)n2)cc1OC. The van der Waals surface area contributed by atoms with Crippen molar-refractivity contribution in [2.45, 2.75) is 38.8 Å². The van der Waals surface area contributed by atoms with Crippen LogP contribution in [0.25, 0.3) is 11.4 Å². The smallest absolute Gasteiger partial charge is 0.241 e. The maximum absolute atomic E-state index is 5.99. The highest BCUT2D eigenvalue weighted by molar-refractivity contribution is 7.09. The highest BCUT2D eigenvalue weighted by atomic mass is 32.1. The van der Waals surface area contributed by atoms with Gasteiger partial charge in [-0.15, -0.1) is 11.3 Å². The quantitative estimate of drug-likeness (QED) is 0.562. The van der Waals surface area contributed by atoms with Crippen molar-refractivity contribution < 1.29 is 18.7 Å². The van der Waals surface area contributed by atoms with Crippen LogP contribution >= 0.6 is 11.3 Å². The van der Waals surface area contributed by atoms with E-state index in [2.05, 4.69) is 41.2 Å². The van der Waals surface area contributed by atoms with Crippen molar-refractivity contribution in [3.8, 4) is 22.9 Å². The molecule has 4 rings (SSSR count). The first-order chi connectivity index (χ1) is 14.9. The summed E-state index contributed by atoms with van der Waals surface area (Å²) in [5.41, 5.74) is 1.95. The lowest BCUT2D eigenvalue weighted by Crippen LogP contribution is -2.37. The molecule has 0 radical (unpaired) electrons. The average Bonchev–Trinajstić information content (AvgIpc) is 3.43. The van der Waals surface area contributed by atoms with E-state index in [9.17, 15) is 0 Å². The van der Waals surface area contributed by atoms with Crippen LogP contribution in [0.1, 0.15) is 43.5 Å². The van der Waals surface area contributed by atoms with Gasteiger partial charge in [0.1, 0.15) is 11.1 Å². The lowest BCUT2D eigenvalue weighted by molar-refractivity contribution is -0.0357. The van der Waals surface area contributed by atoms with Gasteiger partial charge >= 0.3 is 0 Å². The summed E-state index contributed by atoms with van der Waals surface area (Å²) < 4.78 is 22.2. The van der Waals surface area contributed by atoms with E-state index in [1.165, 1.54) is 0 Å². The van der Waals surface area contributed by atoms with Gasteiger partial charge in [-0.25, -0.2) is 4.98 Å². The van der Waals surface area contributed by atoms with Gasteiger partial charge in [-0.2, -0.15) is 4.98 Å². The van der Waals surface area contributed by atoms with Crippen molar-refractivity contribution in [2.75, 3.05) is 33.9 Å². The van der Waals surface area contributed by atoms with E-state index in [0.717, 1.165) is 29.4 Å². The maximum Gasteiger partial charge on any atom is 0.241 e. The van der Waals surface area contributed by atoms with Gasteiger partial charge in [0, 0.05) is 29.4 Å². The Morgan fingerprint density at radius 3 is 2.68 bits per heavy atom. The van der Waals surface area contributed by atoms with Crippen molar-refractivity contribution in [3.63, 3.8) is 0 Å². The third-order valence-corrected chi connectivity index (χ3v) is 6.12. The van der Waals surface area contributed by atoms with E-state index < -0.39 is 0 Å². The molecule has 1 unspecified atom stereocenters. The summed E-state index contributed by atoms with van der Waals surface area (Å²) in [7, 11) is 3.21. The Kier molecular flexibility index (Phi) is 6.27. The second-order valence-electron chi connectivity index (χ2n) is 8.50. The van der Waals surface area contributed by atoms with Gasteiger partial charge in [-0.3, -0.25) is 4.90 Å². The molecule has 9 heteroatoms. The van der Waals surface area contributed by atoms with Crippen LogP contribution in [0.3, 0.4) is 0 Å². The topological polar surface area (TPSA) is 82.7 Å². The summed E-state index contributed by atoms with van der Waals surface area (Å²) in [4.78, 5) is 11.6. The standard InChI is InChI=1S/C22H28N4O4S/c1-22(2,3)18-13-31-21(23-18)17-11-26(8-9-29-17)12-19-24-20(25-30-19)14-6-7-15(27-4)16(10-14)28-5/h6-7,10,13,17H,8-9,11-12H2,1-5H3. The molecular formula is C22H28N4O4S. The van der Waals surface area contributed by atoms with Gasteiger partial charge in [0.15, 0.2) is 11.5 Å². The Hall–Kier alpha value is -2.49. The molecule has 166 valence electrons. The normalized spacial score (nSPS) is 17.6. The number of morpholine rings is 1. The largest absolute Gasteiger partial charge is 0.493 e. The van der Waals surface area contributed by atoms with Crippen molar-refractivity contribution in [2.24, 2.45) is 0 Å². The molecule has 1 atom stereocenters. The third kappa shape index (κ3) is 4.89. The van der Waals surface area contributed by atoms with Crippen molar-refractivity contribution in [1.82, 2.24) is 20.0 Å². The summed E-state index contributed by atoms with van der Waals surface area (Å²) in [5.74, 6) is 2.38. The van der Waals surface area contributed by atoms with Crippen LogP contribution in [0.2, 0.25) is 0 Å². The molecule has 1 saturated heterocycles. The number of nitrogens with zero attached hydrogens (tertiary/aromatic N) is 4. The zero-order valence-corrected chi connectivity index (χ0v) is 19.4. The van der Waals surface area contributed by atoms with Gasteiger partial charge in [0.25, 0.3) is 0 Å². The molecule has 1 aliphatic rings. The fraction of sp³-hybridized carbons (Fsp3) is 0.500. The second kappa shape index (κ2) is 8.94. The van der Waals surface area contributed by atoms with Crippen LogP contribution in [0.15, 0.2) is 28.1 Å². The number of hydrogen-bond donors (Lipinski definition) is 0.